The van der Waals surface area contributed by atoms with Crippen LogP contribution in [0.15, 0.2) is 22.7 Å². The molecule has 0 amide bonds. The number of aromatic nitrogens is 1. The van der Waals surface area contributed by atoms with Gasteiger partial charge in [-0.15, -0.1) is 11.3 Å². The number of hydrogen-bond donors (Lipinski definition) is 1. The van der Waals surface area contributed by atoms with E-state index in [0.717, 1.165) is 35.9 Å². The second-order valence-corrected chi connectivity index (χ2v) is 6.96. The Bertz CT molecular complexity index is 681. The second-order valence-electron chi connectivity index (χ2n) is 5.04. The number of fused-ring (bicyclic) bond motifs is 1. The molecule has 0 bridgehead atoms. The fourth-order valence-electron chi connectivity index (χ4n) is 2.72. The van der Waals surface area contributed by atoms with Crippen LogP contribution in [0.1, 0.15) is 40.5 Å². The van der Waals surface area contributed by atoms with Crippen LogP contribution in [0.3, 0.4) is 0 Å². The van der Waals surface area contributed by atoms with E-state index in [9.17, 15) is 13.2 Å². The number of benzene rings is 1. The first-order valence-electron chi connectivity index (χ1n) is 6.48. The number of alkyl halides is 3. The van der Waals surface area contributed by atoms with E-state index < -0.39 is 11.7 Å². The lowest BCUT2D eigenvalue weighted by Gasteiger charge is -2.23. The third kappa shape index (κ3) is 2.81. The zero-order valence-corrected chi connectivity index (χ0v) is 13.3. The van der Waals surface area contributed by atoms with Gasteiger partial charge in [0.15, 0.2) is 5.13 Å². The predicted molar refractivity (Wildman–Crippen MR) is 80.5 cm³/mol. The molecule has 0 saturated carbocycles. The van der Waals surface area contributed by atoms with Gasteiger partial charge in [-0.2, -0.15) is 13.2 Å². The van der Waals surface area contributed by atoms with Gasteiger partial charge in [0.1, 0.15) is 0 Å². The molecule has 0 radical (unpaired) electrons. The molecule has 3 rings (SSSR count). The summed E-state index contributed by atoms with van der Waals surface area (Å²) in [5.41, 5.74) is 6.72. The quantitative estimate of drug-likeness (QED) is 0.762. The summed E-state index contributed by atoms with van der Waals surface area (Å²) >= 11 is 4.76. The SMILES string of the molecule is Nc1nc2c(s1)C(c1cc(C(F)(F)F)ccc1Br)CCC2. The van der Waals surface area contributed by atoms with Gasteiger partial charge in [-0.3, -0.25) is 0 Å². The molecular weight excluding hydrogens is 365 g/mol. The lowest BCUT2D eigenvalue weighted by atomic mass is 9.85. The van der Waals surface area contributed by atoms with Crippen LogP contribution < -0.4 is 5.73 Å². The number of hydrogen-bond acceptors (Lipinski definition) is 3. The van der Waals surface area contributed by atoms with Crippen LogP contribution in [0.5, 0.6) is 0 Å². The molecule has 7 heteroatoms. The van der Waals surface area contributed by atoms with Gasteiger partial charge in [-0.1, -0.05) is 15.9 Å². The number of nitrogens with two attached hydrogens (primary N) is 1. The van der Waals surface area contributed by atoms with Gasteiger partial charge in [0.25, 0.3) is 0 Å². The van der Waals surface area contributed by atoms with Crippen molar-refractivity contribution in [3.63, 3.8) is 0 Å². The summed E-state index contributed by atoms with van der Waals surface area (Å²) in [6, 6.07) is 3.80. The van der Waals surface area contributed by atoms with E-state index in [1.165, 1.54) is 23.5 Å². The molecule has 2 aromatic rings. The summed E-state index contributed by atoms with van der Waals surface area (Å²) in [5, 5.41) is 0.481. The van der Waals surface area contributed by atoms with Crippen molar-refractivity contribution in [3.8, 4) is 0 Å². The molecule has 1 atom stereocenters. The first kappa shape index (κ1) is 14.8. The Morgan fingerprint density at radius 3 is 2.81 bits per heavy atom. The fraction of sp³-hybridized carbons (Fsp3) is 0.357. The Balaban J connectivity index is 2.09. The molecule has 0 aliphatic heterocycles. The minimum atomic E-state index is -4.33. The number of nitrogen functional groups attached to an aromatic ring is 1. The van der Waals surface area contributed by atoms with Crippen LogP contribution in [0, 0.1) is 0 Å². The molecule has 0 saturated heterocycles. The fourth-order valence-corrected chi connectivity index (χ4v) is 4.28. The van der Waals surface area contributed by atoms with Crippen LogP contribution in [-0.2, 0) is 12.6 Å². The van der Waals surface area contributed by atoms with E-state index in [0.29, 0.717) is 15.2 Å². The summed E-state index contributed by atoms with van der Waals surface area (Å²) in [5.74, 6) is -0.0692. The third-order valence-corrected chi connectivity index (χ3v) is 5.43. The molecule has 1 unspecified atom stereocenters. The Morgan fingerprint density at radius 2 is 2.10 bits per heavy atom. The van der Waals surface area contributed by atoms with Gasteiger partial charge in [-0.25, -0.2) is 4.98 Å². The highest BCUT2D eigenvalue weighted by molar-refractivity contribution is 9.10. The van der Waals surface area contributed by atoms with Crippen molar-refractivity contribution >= 4 is 32.4 Å². The maximum Gasteiger partial charge on any atom is 0.416 e. The van der Waals surface area contributed by atoms with Gasteiger partial charge < -0.3 is 5.73 Å². The first-order chi connectivity index (χ1) is 9.86. The van der Waals surface area contributed by atoms with Gasteiger partial charge >= 0.3 is 6.18 Å². The standard InChI is InChI=1S/C14H12BrF3N2S/c15-10-5-4-7(14(16,17)18)6-9(10)8-2-1-3-11-12(8)21-13(19)20-11/h4-6,8H,1-3H2,(H2,19,20). The third-order valence-electron chi connectivity index (χ3n) is 3.67. The highest BCUT2D eigenvalue weighted by Crippen LogP contribution is 2.44. The Morgan fingerprint density at radius 1 is 1.33 bits per heavy atom. The number of anilines is 1. The van der Waals surface area contributed by atoms with Crippen molar-refractivity contribution in [2.45, 2.75) is 31.4 Å². The van der Waals surface area contributed by atoms with E-state index >= 15 is 0 Å². The topological polar surface area (TPSA) is 38.9 Å². The number of rotatable bonds is 1. The van der Waals surface area contributed by atoms with E-state index in [1.54, 1.807) is 0 Å². The van der Waals surface area contributed by atoms with Crippen molar-refractivity contribution in [3.05, 3.63) is 44.4 Å². The molecule has 2 N–H and O–H groups in total. The van der Waals surface area contributed by atoms with Crippen molar-refractivity contribution in [1.82, 2.24) is 4.98 Å². The maximum atomic E-state index is 12.9. The lowest BCUT2D eigenvalue weighted by molar-refractivity contribution is -0.137. The average molecular weight is 377 g/mol. The zero-order valence-electron chi connectivity index (χ0n) is 10.9. The van der Waals surface area contributed by atoms with E-state index in [1.807, 2.05) is 0 Å². The molecule has 21 heavy (non-hydrogen) atoms. The monoisotopic (exact) mass is 376 g/mol. The molecular formula is C14H12BrF3N2S. The molecule has 0 fully saturated rings. The van der Waals surface area contributed by atoms with Crippen molar-refractivity contribution in [2.75, 3.05) is 5.73 Å². The van der Waals surface area contributed by atoms with Gasteiger partial charge in [-0.05, 0) is 43.0 Å². The molecule has 1 aliphatic carbocycles. The highest BCUT2D eigenvalue weighted by Gasteiger charge is 2.33. The van der Waals surface area contributed by atoms with Crippen LogP contribution in [0.2, 0.25) is 0 Å². The van der Waals surface area contributed by atoms with E-state index in [4.69, 9.17) is 5.73 Å². The van der Waals surface area contributed by atoms with Gasteiger partial charge in [0.2, 0.25) is 0 Å². The number of aryl methyl sites for hydroxylation is 1. The molecule has 112 valence electrons. The molecule has 2 nitrogen and oxygen atoms in total. The lowest BCUT2D eigenvalue weighted by Crippen LogP contribution is -2.12. The zero-order chi connectivity index (χ0) is 15.2. The Hall–Kier alpha value is -1.08. The average Bonchev–Trinajstić information content (AvgIpc) is 2.78. The Labute approximate surface area is 132 Å². The smallest absolute Gasteiger partial charge is 0.375 e. The van der Waals surface area contributed by atoms with Crippen molar-refractivity contribution in [2.24, 2.45) is 0 Å². The van der Waals surface area contributed by atoms with Crippen molar-refractivity contribution in [1.29, 1.82) is 0 Å². The minimum Gasteiger partial charge on any atom is -0.375 e. The summed E-state index contributed by atoms with van der Waals surface area (Å²) in [7, 11) is 0. The van der Waals surface area contributed by atoms with Gasteiger partial charge in [0.05, 0.1) is 11.3 Å². The summed E-state index contributed by atoms with van der Waals surface area (Å²) in [4.78, 5) is 5.29. The van der Waals surface area contributed by atoms with Gasteiger partial charge in [0, 0.05) is 15.3 Å². The van der Waals surface area contributed by atoms with E-state index in [2.05, 4.69) is 20.9 Å². The van der Waals surface area contributed by atoms with Crippen molar-refractivity contribution < 1.29 is 13.2 Å². The molecule has 0 spiro atoms. The predicted octanol–water partition coefficient (Wildman–Crippen LogP) is 4.97. The van der Waals surface area contributed by atoms with Crippen LogP contribution in [-0.4, -0.2) is 4.98 Å². The summed E-state index contributed by atoms with van der Waals surface area (Å²) < 4.78 is 39.5. The number of halogens is 4. The second kappa shape index (κ2) is 5.28. The van der Waals surface area contributed by atoms with E-state index in [-0.39, 0.29) is 5.92 Å². The number of nitrogens with zero attached hydrogens (tertiary/aromatic N) is 1. The largest absolute Gasteiger partial charge is 0.416 e. The minimum absolute atomic E-state index is 0.0692. The molecule has 1 aromatic heterocycles. The molecule has 1 aliphatic rings. The first-order valence-corrected chi connectivity index (χ1v) is 8.09. The Kier molecular flexibility index (Phi) is 3.73. The molecule has 1 aromatic carbocycles. The maximum absolute atomic E-state index is 12.9. The molecule has 1 heterocycles. The number of thiazole rings is 1. The summed E-state index contributed by atoms with van der Waals surface area (Å²) in [6.07, 6.45) is -1.77. The van der Waals surface area contributed by atoms with Crippen LogP contribution in [0.4, 0.5) is 18.3 Å². The highest BCUT2D eigenvalue weighted by atomic mass is 79.9. The van der Waals surface area contributed by atoms with Crippen LogP contribution in [0.25, 0.3) is 0 Å². The summed E-state index contributed by atoms with van der Waals surface area (Å²) in [6.45, 7) is 0. The normalized spacial score (nSPS) is 18.6. The van der Waals surface area contributed by atoms with Crippen LogP contribution >= 0.6 is 27.3 Å².